The highest BCUT2D eigenvalue weighted by Crippen LogP contribution is 2.26. The Hall–Kier alpha value is -2.18. The highest BCUT2D eigenvalue weighted by Gasteiger charge is 2.35. The molecule has 0 bridgehead atoms. The first-order valence-electron chi connectivity index (χ1n) is 8.11. The van der Waals surface area contributed by atoms with Gasteiger partial charge in [-0.1, -0.05) is 46.3 Å². The lowest BCUT2D eigenvalue weighted by atomic mass is 10.1. The molecule has 2 atom stereocenters. The number of nitrogens with zero attached hydrogens (tertiary/aromatic N) is 1. The molecule has 0 aromatic heterocycles. The summed E-state index contributed by atoms with van der Waals surface area (Å²) in [5, 5.41) is 12.9. The molecule has 130 valence electrons. The van der Waals surface area contributed by atoms with E-state index in [-0.39, 0.29) is 24.8 Å². The molecule has 1 saturated heterocycles. The first-order valence-corrected chi connectivity index (χ1v) is 8.90. The van der Waals surface area contributed by atoms with Crippen molar-refractivity contribution >= 4 is 33.4 Å². The van der Waals surface area contributed by atoms with Crippen LogP contribution >= 0.6 is 15.9 Å². The van der Waals surface area contributed by atoms with E-state index >= 15 is 0 Å². The molecule has 1 heterocycles. The van der Waals surface area contributed by atoms with Gasteiger partial charge >= 0.3 is 0 Å². The second-order valence-corrected chi connectivity index (χ2v) is 6.97. The Bertz CT molecular complexity index is 749. The van der Waals surface area contributed by atoms with Crippen molar-refractivity contribution in [3.63, 3.8) is 0 Å². The van der Waals surface area contributed by atoms with Crippen LogP contribution < -0.4 is 10.2 Å². The molecule has 2 aromatic rings. The fourth-order valence-electron chi connectivity index (χ4n) is 2.89. The summed E-state index contributed by atoms with van der Waals surface area (Å²) in [4.78, 5) is 26.2. The van der Waals surface area contributed by atoms with E-state index in [1.807, 2.05) is 54.6 Å². The van der Waals surface area contributed by atoms with Crippen LogP contribution in [0.4, 0.5) is 5.69 Å². The number of amides is 2. The van der Waals surface area contributed by atoms with E-state index in [1.165, 1.54) is 0 Å². The molecule has 2 amide bonds. The van der Waals surface area contributed by atoms with Crippen LogP contribution in [0.15, 0.2) is 59.1 Å². The van der Waals surface area contributed by atoms with Gasteiger partial charge in [-0.05, 0) is 29.8 Å². The van der Waals surface area contributed by atoms with Crippen molar-refractivity contribution in [1.29, 1.82) is 0 Å². The summed E-state index contributed by atoms with van der Waals surface area (Å²) >= 11 is 3.37. The SMILES string of the molecule is O=C(NCC(O)c1ccccc1)C1CC(=O)N(c2ccc(Br)cc2)C1. The van der Waals surface area contributed by atoms with Crippen molar-refractivity contribution in [2.24, 2.45) is 5.92 Å². The van der Waals surface area contributed by atoms with E-state index in [0.29, 0.717) is 6.54 Å². The molecule has 1 aliphatic heterocycles. The van der Waals surface area contributed by atoms with E-state index in [0.717, 1.165) is 15.7 Å². The molecular weight excluding hydrogens is 384 g/mol. The second kappa shape index (κ2) is 7.80. The summed E-state index contributed by atoms with van der Waals surface area (Å²) < 4.78 is 0.937. The number of aliphatic hydroxyl groups excluding tert-OH is 1. The number of halogens is 1. The van der Waals surface area contributed by atoms with Crippen LogP contribution in [0, 0.1) is 5.92 Å². The van der Waals surface area contributed by atoms with Crippen molar-refractivity contribution < 1.29 is 14.7 Å². The van der Waals surface area contributed by atoms with Gasteiger partial charge in [-0.2, -0.15) is 0 Å². The molecule has 25 heavy (non-hydrogen) atoms. The van der Waals surface area contributed by atoms with E-state index in [4.69, 9.17) is 0 Å². The zero-order chi connectivity index (χ0) is 17.8. The highest BCUT2D eigenvalue weighted by molar-refractivity contribution is 9.10. The van der Waals surface area contributed by atoms with Gasteiger partial charge in [0.2, 0.25) is 11.8 Å². The van der Waals surface area contributed by atoms with Gasteiger partial charge in [-0.25, -0.2) is 0 Å². The summed E-state index contributed by atoms with van der Waals surface area (Å²) in [5.74, 6) is -0.673. The number of carbonyl (C=O) groups is 2. The number of aliphatic hydroxyl groups is 1. The zero-order valence-corrected chi connectivity index (χ0v) is 15.1. The summed E-state index contributed by atoms with van der Waals surface area (Å²) in [6.07, 6.45) is -0.576. The Kier molecular flexibility index (Phi) is 5.50. The molecular formula is C19H19BrN2O3. The van der Waals surface area contributed by atoms with Crippen molar-refractivity contribution in [3.05, 3.63) is 64.6 Å². The van der Waals surface area contributed by atoms with E-state index in [2.05, 4.69) is 21.2 Å². The molecule has 2 aromatic carbocycles. The summed E-state index contributed by atoms with van der Waals surface area (Å²) in [5.41, 5.74) is 1.54. The molecule has 2 N–H and O–H groups in total. The van der Waals surface area contributed by atoms with Gasteiger partial charge in [0, 0.05) is 29.7 Å². The van der Waals surface area contributed by atoms with Crippen molar-refractivity contribution in [2.75, 3.05) is 18.0 Å². The Morgan fingerprint density at radius 2 is 1.88 bits per heavy atom. The van der Waals surface area contributed by atoms with Gasteiger partial charge in [0.1, 0.15) is 0 Å². The van der Waals surface area contributed by atoms with Crippen molar-refractivity contribution in [1.82, 2.24) is 5.32 Å². The summed E-state index contributed by atoms with van der Waals surface area (Å²) in [6.45, 7) is 0.486. The molecule has 6 heteroatoms. The lowest BCUT2D eigenvalue weighted by Gasteiger charge is -2.17. The predicted molar refractivity (Wildman–Crippen MR) is 99.0 cm³/mol. The number of rotatable bonds is 5. The minimum Gasteiger partial charge on any atom is -0.387 e. The minimum atomic E-state index is -0.759. The van der Waals surface area contributed by atoms with Crippen molar-refractivity contribution in [3.8, 4) is 0 Å². The van der Waals surface area contributed by atoms with Gasteiger partial charge in [0.05, 0.1) is 12.0 Å². The number of carbonyl (C=O) groups excluding carboxylic acids is 2. The van der Waals surface area contributed by atoms with E-state index in [1.54, 1.807) is 4.90 Å². The first kappa shape index (κ1) is 17.6. The lowest BCUT2D eigenvalue weighted by Crippen LogP contribution is -2.35. The van der Waals surface area contributed by atoms with Crippen LogP contribution in [0.2, 0.25) is 0 Å². The Labute approximate surface area is 154 Å². The molecule has 2 unspecified atom stereocenters. The topological polar surface area (TPSA) is 69.6 Å². The highest BCUT2D eigenvalue weighted by atomic mass is 79.9. The van der Waals surface area contributed by atoms with Gasteiger partial charge in [-0.3, -0.25) is 9.59 Å². The number of benzene rings is 2. The summed E-state index contributed by atoms with van der Waals surface area (Å²) in [6, 6.07) is 16.6. The van der Waals surface area contributed by atoms with Gasteiger partial charge < -0.3 is 15.3 Å². The third kappa shape index (κ3) is 4.27. The number of anilines is 1. The monoisotopic (exact) mass is 402 g/mol. The van der Waals surface area contributed by atoms with Gasteiger partial charge in [0.15, 0.2) is 0 Å². The Morgan fingerprint density at radius 1 is 1.20 bits per heavy atom. The van der Waals surface area contributed by atoms with Crippen LogP contribution in [-0.4, -0.2) is 30.0 Å². The third-order valence-electron chi connectivity index (χ3n) is 4.29. The molecule has 0 saturated carbocycles. The van der Waals surface area contributed by atoms with Crippen LogP contribution in [0.25, 0.3) is 0 Å². The fourth-order valence-corrected chi connectivity index (χ4v) is 3.15. The molecule has 0 aliphatic carbocycles. The number of hydrogen-bond acceptors (Lipinski definition) is 3. The fraction of sp³-hybridized carbons (Fsp3) is 0.263. The first-order chi connectivity index (χ1) is 12.0. The molecule has 1 fully saturated rings. The summed E-state index contributed by atoms with van der Waals surface area (Å²) in [7, 11) is 0. The van der Waals surface area contributed by atoms with E-state index < -0.39 is 12.0 Å². The Balaban J connectivity index is 1.56. The zero-order valence-electron chi connectivity index (χ0n) is 13.6. The van der Waals surface area contributed by atoms with E-state index in [9.17, 15) is 14.7 Å². The smallest absolute Gasteiger partial charge is 0.227 e. The van der Waals surface area contributed by atoms with Crippen LogP contribution in [0.1, 0.15) is 18.1 Å². The standard InChI is InChI=1S/C19H19BrN2O3/c20-15-6-8-16(9-7-15)22-12-14(10-18(22)24)19(25)21-11-17(23)13-4-2-1-3-5-13/h1-9,14,17,23H,10-12H2,(H,21,25). The third-order valence-corrected chi connectivity index (χ3v) is 4.82. The second-order valence-electron chi connectivity index (χ2n) is 6.05. The van der Waals surface area contributed by atoms with Crippen molar-refractivity contribution in [2.45, 2.75) is 12.5 Å². The average molecular weight is 403 g/mol. The molecule has 3 rings (SSSR count). The molecule has 0 radical (unpaired) electrons. The molecule has 0 spiro atoms. The van der Waals surface area contributed by atoms with Crippen LogP contribution in [0.5, 0.6) is 0 Å². The lowest BCUT2D eigenvalue weighted by molar-refractivity contribution is -0.126. The maximum atomic E-state index is 12.3. The average Bonchev–Trinajstić information content (AvgIpc) is 3.02. The van der Waals surface area contributed by atoms with Gasteiger partial charge in [-0.15, -0.1) is 0 Å². The molecule has 5 nitrogen and oxygen atoms in total. The van der Waals surface area contributed by atoms with Gasteiger partial charge in [0.25, 0.3) is 0 Å². The van der Waals surface area contributed by atoms with Crippen LogP contribution in [-0.2, 0) is 9.59 Å². The number of hydrogen-bond donors (Lipinski definition) is 2. The molecule has 1 aliphatic rings. The minimum absolute atomic E-state index is 0.0638. The predicted octanol–water partition coefficient (Wildman–Crippen LogP) is 2.65. The quantitative estimate of drug-likeness (QED) is 0.807. The largest absolute Gasteiger partial charge is 0.387 e. The van der Waals surface area contributed by atoms with Crippen LogP contribution in [0.3, 0.4) is 0 Å². The maximum Gasteiger partial charge on any atom is 0.227 e. The number of nitrogens with one attached hydrogen (secondary N) is 1. The maximum absolute atomic E-state index is 12.3. The Morgan fingerprint density at radius 3 is 2.56 bits per heavy atom. The normalized spacial score (nSPS) is 18.2.